The summed E-state index contributed by atoms with van der Waals surface area (Å²) in [4.78, 5) is 9.93. The SMILES string of the molecule is CN=C(NCCc1ccc(C)nc1)NCCc1cccs1. The van der Waals surface area contributed by atoms with E-state index in [2.05, 4.69) is 44.2 Å². The molecule has 0 saturated heterocycles. The summed E-state index contributed by atoms with van der Waals surface area (Å²) in [5.41, 5.74) is 2.29. The molecule has 2 rings (SSSR count). The molecule has 0 aromatic carbocycles. The largest absolute Gasteiger partial charge is 0.356 e. The highest BCUT2D eigenvalue weighted by molar-refractivity contribution is 7.09. The molecule has 0 aliphatic heterocycles. The van der Waals surface area contributed by atoms with Crippen LogP contribution in [0.4, 0.5) is 0 Å². The molecule has 21 heavy (non-hydrogen) atoms. The molecule has 4 nitrogen and oxygen atoms in total. The van der Waals surface area contributed by atoms with E-state index >= 15 is 0 Å². The lowest BCUT2D eigenvalue weighted by atomic mass is 10.2. The average Bonchev–Trinajstić information content (AvgIpc) is 3.01. The van der Waals surface area contributed by atoms with E-state index in [1.807, 2.05) is 19.2 Å². The van der Waals surface area contributed by atoms with Crippen LogP contribution in [0, 0.1) is 6.92 Å². The zero-order valence-corrected chi connectivity index (χ0v) is 13.4. The zero-order valence-electron chi connectivity index (χ0n) is 12.6. The fraction of sp³-hybridized carbons (Fsp3) is 0.375. The van der Waals surface area contributed by atoms with Gasteiger partial charge in [-0.05, 0) is 42.8 Å². The Morgan fingerprint density at radius 3 is 2.62 bits per heavy atom. The fourth-order valence-corrected chi connectivity index (χ4v) is 2.66. The van der Waals surface area contributed by atoms with Crippen molar-refractivity contribution in [2.75, 3.05) is 20.1 Å². The van der Waals surface area contributed by atoms with Crippen LogP contribution in [-0.2, 0) is 12.8 Å². The molecule has 0 saturated carbocycles. The molecule has 0 aliphatic rings. The number of rotatable bonds is 6. The molecule has 0 unspecified atom stereocenters. The van der Waals surface area contributed by atoms with Crippen LogP contribution in [0.15, 0.2) is 40.8 Å². The average molecular weight is 302 g/mol. The number of aromatic nitrogens is 1. The smallest absolute Gasteiger partial charge is 0.190 e. The van der Waals surface area contributed by atoms with Crippen molar-refractivity contribution in [2.24, 2.45) is 4.99 Å². The third kappa shape index (κ3) is 5.55. The zero-order chi connectivity index (χ0) is 14.9. The minimum Gasteiger partial charge on any atom is -0.356 e. The van der Waals surface area contributed by atoms with Gasteiger partial charge in [0.25, 0.3) is 0 Å². The molecule has 2 heterocycles. The molecule has 2 N–H and O–H groups in total. The van der Waals surface area contributed by atoms with Crippen LogP contribution >= 0.6 is 11.3 Å². The third-order valence-electron chi connectivity index (χ3n) is 3.15. The number of guanidine groups is 1. The standard InChI is InChI=1S/C16H22N4S/c1-13-5-6-14(12-20-13)7-9-18-16(17-2)19-10-8-15-4-3-11-21-15/h3-6,11-12H,7-10H2,1-2H3,(H2,17,18,19). The second-order valence-corrected chi connectivity index (χ2v) is 5.85. The van der Waals surface area contributed by atoms with Crippen LogP contribution in [-0.4, -0.2) is 31.1 Å². The summed E-state index contributed by atoms with van der Waals surface area (Å²) in [7, 11) is 1.80. The van der Waals surface area contributed by atoms with Crippen molar-refractivity contribution in [3.63, 3.8) is 0 Å². The van der Waals surface area contributed by atoms with Gasteiger partial charge in [-0.25, -0.2) is 0 Å². The Bertz CT molecular complexity index is 546. The quantitative estimate of drug-likeness (QED) is 0.636. The van der Waals surface area contributed by atoms with Crippen molar-refractivity contribution in [3.8, 4) is 0 Å². The van der Waals surface area contributed by atoms with E-state index in [1.165, 1.54) is 10.4 Å². The maximum atomic E-state index is 4.30. The normalized spacial score (nSPS) is 11.4. The number of aliphatic imine (C=N–C) groups is 1. The van der Waals surface area contributed by atoms with Crippen molar-refractivity contribution in [2.45, 2.75) is 19.8 Å². The van der Waals surface area contributed by atoms with Gasteiger partial charge in [0.15, 0.2) is 5.96 Å². The number of hydrogen-bond donors (Lipinski definition) is 2. The van der Waals surface area contributed by atoms with Gasteiger partial charge in [0.05, 0.1) is 0 Å². The molecule has 0 radical (unpaired) electrons. The maximum Gasteiger partial charge on any atom is 0.190 e. The predicted molar refractivity (Wildman–Crippen MR) is 90.1 cm³/mol. The van der Waals surface area contributed by atoms with E-state index in [-0.39, 0.29) is 0 Å². The highest BCUT2D eigenvalue weighted by Gasteiger charge is 1.99. The number of thiophene rings is 1. The number of nitrogens with one attached hydrogen (secondary N) is 2. The predicted octanol–water partition coefficient (Wildman–Crippen LogP) is 2.40. The highest BCUT2D eigenvalue weighted by Crippen LogP contribution is 2.07. The summed E-state index contributed by atoms with van der Waals surface area (Å²) in [6, 6.07) is 8.41. The molecule has 0 amide bonds. The highest BCUT2D eigenvalue weighted by atomic mass is 32.1. The molecule has 2 aromatic heterocycles. The van der Waals surface area contributed by atoms with Crippen molar-refractivity contribution < 1.29 is 0 Å². The topological polar surface area (TPSA) is 49.3 Å². The molecule has 0 spiro atoms. The van der Waals surface area contributed by atoms with Crippen molar-refractivity contribution in [1.29, 1.82) is 0 Å². The number of pyridine rings is 1. The lowest BCUT2D eigenvalue weighted by molar-refractivity contribution is 0.786. The minimum atomic E-state index is 0.851. The second kappa shape index (κ2) is 8.42. The van der Waals surface area contributed by atoms with Gasteiger partial charge in [0, 0.05) is 36.9 Å². The van der Waals surface area contributed by atoms with Crippen molar-refractivity contribution in [1.82, 2.24) is 15.6 Å². The van der Waals surface area contributed by atoms with Gasteiger partial charge in [-0.3, -0.25) is 9.98 Å². The number of aryl methyl sites for hydroxylation is 1. The van der Waals surface area contributed by atoms with Crippen LogP contribution in [0.3, 0.4) is 0 Å². The molecule has 2 aromatic rings. The minimum absolute atomic E-state index is 0.851. The molecule has 0 bridgehead atoms. The summed E-state index contributed by atoms with van der Waals surface area (Å²) < 4.78 is 0. The first-order valence-corrected chi connectivity index (χ1v) is 8.04. The number of hydrogen-bond acceptors (Lipinski definition) is 3. The lowest BCUT2D eigenvalue weighted by Gasteiger charge is -2.11. The van der Waals surface area contributed by atoms with Crippen LogP contribution in [0.2, 0.25) is 0 Å². The Labute approximate surface area is 130 Å². The third-order valence-corrected chi connectivity index (χ3v) is 4.08. The van der Waals surface area contributed by atoms with Gasteiger partial charge >= 0.3 is 0 Å². The van der Waals surface area contributed by atoms with Gasteiger partial charge < -0.3 is 10.6 Å². The second-order valence-electron chi connectivity index (χ2n) is 4.81. The van der Waals surface area contributed by atoms with Crippen molar-refractivity contribution in [3.05, 3.63) is 52.0 Å². The van der Waals surface area contributed by atoms with E-state index in [9.17, 15) is 0 Å². The van der Waals surface area contributed by atoms with Crippen LogP contribution < -0.4 is 10.6 Å². The van der Waals surface area contributed by atoms with Crippen LogP contribution in [0.25, 0.3) is 0 Å². The van der Waals surface area contributed by atoms with E-state index < -0.39 is 0 Å². The van der Waals surface area contributed by atoms with Crippen LogP contribution in [0.5, 0.6) is 0 Å². The van der Waals surface area contributed by atoms with Gasteiger partial charge in [-0.2, -0.15) is 0 Å². The summed E-state index contributed by atoms with van der Waals surface area (Å²) in [5, 5.41) is 8.77. The molecule has 0 atom stereocenters. The first kappa shape index (κ1) is 15.5. The Hall–Kier alpha value is -1.88. The van der Waals surface area contributed by atoms with Gasteiger partial charge in [-0.15, -0.1) is 11.3 Å². The van der Waals surface area contributed by atoms with Gasteiger partial charge in [0.1, 0.15) is 0 Å². The summed E-state index contributed by atoms with van der Waals surface area (Å²) in [6.45, 7) is 3.75. The monoisotopic (exact) mass is 302 g/mol. The van der Waals surface area contributed by atoms with E-state index in [0.717, 1.165) is 37.6 Å². The molecule has 0 aliphatic carbocycles. The van der Waals surface area contributed by atoms with Crippen LogP contribution in [0.1, 0.15) is 16.1 Å². The van der Waals surface area contributed by atoms with Gasteiger partial charge in [0.2, 0.25) is 0 Å². The summed E-state index contributed by atoms with van der Waals surface area (Å²) in [6.07, 6.45) is 3.91. The Morgan fingerprint density at radius 1 is 1.19 bits per heavy atom. The summed E-state index contributed by atoms with van der Waals surface area (Å²) >= 11 is 1.79. The number of nitrogens with zero attached hydrogens (tertiary/aromatic N) is 2. The maximum absolute atomic E-state index is 4.30. The first-order chi connectivity index (χ1) is 10.3. The van der Waals surface area contributed by atoms with Crippen molar-refractivity contribution >= 4 is 17.3 Å². The fourth-order valence-electron chi connectivity index (χ4n) is 1.95. The van der Waals surface area contributed by atoms with Gasteiger partial charge in [-0.1, -0.05) is 12.1 Å². The molecular formula is C16H22N4S. The molecular weight excluding hydrogens is 280 g/mol. The lowest BCUT2D eigenvalue weighted by Crippen LogP contribution is -2.39. The van der Waals surface area contributed by atoms with E-state index in [0.29, 0.717) is 0 Å². The van der Waals surface area contributed by atoms with E-state index in [4.69, 9.17) is 0 Å². The molecule has 112 valence electrons. The van der Waals surface area contributed by atoms with E-state index in [1.54, 1.807) is 18.4 Å². The Balaban J connectivity index is 1.66. The Kier molecular flexibility index (Phi) is 6.22. The first-order valence-electron chi connectivity index (χ1n) is 7.16. The molecule has 0 fully saturated rings. The Morgan fingerprint density at radius 2 is 2.00 bits per heavy atom. The molecule has 5 heteroatoms. The summed E-state index contributed by atoms with van der Waals surface area (Å²) in [5.74, 6) is 0.853.